The van der Waals surface area contributed by atoms with Crippen LogP contribution in [0, 0.1) is 0 Å². The topological polar surface area (TPSA) is 56.1 Å². The molecule has 0 unspecified atom stereocenters. The van der Waals surface area contributed by atoms with E-state index < -0.39 is 0 Å². The molecule has 0 saturated heterocycles. The summed E-state index contributed by atoms with van der Waals surface area (Å²) < 4.78 is 7.19. The van der Waals surface area contributed by atoms with E-state index in [2.05, 4.69) is 10.3 Å². The lowest BCUT2D eigenvalue weighted by molar-refractivity contribution is -0.116. The van der Waals surface area contributed by atoms with Gasteiger partial charge in [-0.25, -0.2) is 4.98 Å². The van der Waals surface area contributed by atoms with Crippen molar-refractivity contribution in [3.8, 4) is 11.4 Å². The number of ether oxygens (including phenoxy) is 1. The smallest absolute Gasteiger partial charge is 0.244 e. The molecule has 3 aromatic rings. The van der Waals surface area contributed by atoms with E-state index in [1.807, 2.05) is 59.3 Å². The second-order valence-corrected chi connectivity index (χ2v) is 5.43. The van der Waals surface area contributed by atoms with Gasteiger partial charge in [-0.2, -0.15) is 0 Å². The summed E-state index contributed by atoms with van der Waals surface area (Å²) in [6.45, 7) is 0.472. The molecule has 0 aliphatic rings. The number of benzene rings is 2. The first kappa shape index (κ1) is 16.5. The Morgan fingerprint density at radius 1 is 1.20 bits per heavy atom. The quantitative estimate of drug-likeness (QED) is 0.705. The molecule has 5 heteroatoms. The Hall–Kier alpha value is -3.34. The molecule has 1 aromatic heterocycles. The molecule has 25 heavy (non-hydrogen) atoms. The lowest BCUT2D eigenvalue weighted by atomic mass is 10.2. The molecule has 126 valence electrons. The summed E-state index contributed by atoms with van der Waals surface area (Å²) in [5.74, 6) is 0.589. The molecule has 0 bridgehead atoms. The van der Waals surface area contributed by atoms with E-state index in [1.165, 1.54) is 6.08 Å². The van der Waals surface area contributed by atoms with Gasteiger partial charge in [0.25, 0.3) is 0 Å². The van der Waals surface area contributed by atoms with Crippen molar-refractivity contribution in [2.75, 3.05) is 7.11 Å². The first-order valence-electron chi connectivity index (χ1n) is 7.92. The molecule has 1 N–H and O–H groups in total. The van der Waals surface area contributed by atoms with Gasteiger partial charge >= 0.3 is 0 Å². The third-order valence-electron chi connectivity index (χ3n) is 3.76. The van der Waals surface area contributed by atoms with Crippen molar-refractivity contribution in [2.45, 2.75) is 6.54 Å². The van der Waals surface area contributed by atoms with Crippen LogP contribution in [0.1, 0.15) is 11.1 Å². The number of carbonyl (C=O) groups is 1. The fourth-order valence-electron chi connectivity index (χ4n) is 2.42. The van der Waals surface area contributed by atoms with E-state index in [1.54, 1.807) is 25.7 Å². The number of nitrogens with one attached hydrogen (secondary N) is 1. The third kappa shape index (κ3) is 4.35. The molecule has 0 spiro atoms. The summed E-state index contributed by atoms with van der Waals surface area (Å²) >= 11 is 0. The number of nitrogens with zero attached hydrogens (tertiary/aromatic N) is 2. The van der Waals surface area contributed by atoms with Gasteiger partial charge in [0, 0.05) is 36.3 Å². The number of aromatic nitrogens is 2. The van der Waals surface area contributed by atoms with Crippen LogP contribution in [0.5, 0.6) is 5.75 Å². The Balaban J connectivity index is 1.56. The molecular formula is C20H19N3O2. The molecule has 0 aliphatic heterocycles. The largest absolute Gasteiger partial charge is 0.496 e. The Kier molecular flexibility index (Phi) is 5.26. The van der Waals surface area contributed by atoms with E-state index in [0.717, 1.165) is 22.6 Å². The minimum absolute atomic E-state index is 0.149. The Morgan fingerprint density at radius 2 is 2.00 bits per heavy atom. The second-order valence-electron chi connectivity index (χ2n) is 5.43. The minimum Gasteiger partial charge on any atom is -0.496 e. The van der Waals surface area contributed by atoms with Gasteiger partial charge in [-0.05, 0) is 29.8 Å². The van der Waals surface area contributed by atoms with Gasteiger partial charge in [0.05, 0.1) is 13.4 Å². The molecule has 5 nitrogen and oxygen atoms in total. The fourth-order valence-corrected chi connectivity index (χ4v) is 2.42. The summed E-state index contributed by atoms with van der Waals surface area (Å²) in [5, 5.41) is 2.88. The highest BCUT2D eigenvalue weighted by Crippen LogP contribution is 2.18. The average molecular weight is 333 g/mol. The number of amides is 1. The van der Waals surface area contributed by atoms with Crippen LogP contribution in [0.4, 0.5) is 0 Å². The van der Waals surface area contributed by atoms with Crippen molar-refractivity contribution < 1.29 is 9.53 Å². The molecule has 0 atom stereocenters. The van der Waals surface area contributed by atoms with Crippen LogP contribution in [0.25, 0.3) is 11.8 Å². The normalized spacial score (nSPS) is 10.8. The summed E-state index contributed by atoms with van der Waals surface area (Å²) in [5.41, 5.74) is 2.93. The van der Waals surface area contributed by atoms with Crippen LogP contribution in [0.3, 0.4) is 0 Å². The predicted octanol–water partition coefficient (Wildman–Crippen LogP) is 3.21. The molecule has 2 aromatic carbocycles. The zero-order valence-electron chi connectivity index (χ0n) is 13.9. The minimum atomic E-state index is -0.149. The van der Waals surface area contributed by atoms with Crippen LogP contribution in [0.15, 0.2) is 73.3 Å². The van der Waals surface area contributed by atoms with Gasteiger partial charge in [0.15, 0.2) is 0 Å². The highest BCUT2D eigenvalue weighted by molar-refractivity contribution is 5.92. The Labute approximate surface area is 146 Å². The van der Waals surface area contributed by atoms with Crippen LogP contribution in [0.2, 0.25) is 0 Å². The highest BCUT2D eigenvalue weighted by Gasteiger charge is 2.01. The van der Waals surface area contributed by atoms with Gasteiger partial charge in [-0.1, -0.05) is 30.3 Å². The lowest BCUT2D eigenvalue weighted by Crippen LogP contribution is -2.20. The number of hydrogen-bond acceptors (Lipinski definition) is 3. The molecule has 0 aliphatic carbocycles. The van der Waals surface area contributed by atoms with Gasteiger partial charge < -0.3 is 14.6 Å². The van der Waals surface area contributed by atoms with E-state index in [0.29, 0.717) is 6.54 Å². The zero-order chi connectivity index (χ0) is 17.5. The standard InChI is InChI=1S/C20H19N3O2/c1-25-19-5-3-2-4-17(19)8-11-20(24)22-14-16-6-9-18(10-7-16)23-13-12-21-15-23/h2-13,15H,14H2,1H3,(H,22,24)/b11-8+. The second kappa shape index (κ2) is 7.97. The van der Waals surface area contributed by atoms with Crippen molar-refractivity contribution in [3.05, 3.63) is 84.5 Å². The SMILES string of the molecule is COc1ccccc1/C=C/C(=O)NCc1ccc(-n2ccnc2)cc1. The van der Waals surface area contributed by atoms with Crippen molar-refractivity contribution in [3.63, 3.8) is 0 Å². The van der Waals surface area contributed by atoms with Gasteiger partial charge in [0.2, 0.25) is 5.91 Å². The van der Waals surface area contributed by atoms with Gasteiger partial charge in [0.1, 0.15) is 5.75 Å². The summed E-state index contributed by atoms with van der Waals surface area (Å²) in [7, 11) is 1.61. The number of methoxy groups -OCH3 is 1. The van der Waals surface area contributed by atoms with E-state index >= 15 is 0 Å². The molecule has 1 heterocycles. The zero-order valence-corrected chi connectivity index (χ0v) is 13.9. The average Bonchev–Trinajstić information content (AvgIpc) is 3.20. The van der Waals surface area contributed by atoms with Crippen LogP contribution in [-0.2, 0) is 11.3 Å². The van der Waals surface area contributed by atoms with Gasteiger partial charge in [-0.3, -0.25) is 4.79 Å². The first-order chi connectivity index (χ1) is 12.3. The van der Waals surface area contributed by atoms with E-state index in [4.69, 9.17) is 4.74 Å². The number of carbonyl (C=O) groups excluding carboxylic acids is 1. The number of imidazole rings is 1. The van der Waals surface area contributed by atoms with E-state index in [9.17, 15) is 4.79 Å². The highest BCUT2D eigenvalue weighted by atomic mass is 16.5. The molecule has 3 rings (SSSR count). The van der Waals surface area contributed by atoms with Crippen molar-refractivity contribution in [1.82, 2.24) is 14.9 Å². The van der Waals surface area contributed by atoms with Gasteiger partial charge in [-0.15, -0.1) is 0 Å². The van der Waals surface area contributed by atoms with Crippen LogP contribution >= 0.6 is 0 Å². The lowest BCUT2D eigenvalue weighted by Gasteiger charge is -2.06. The fraction of sp³-hybridized carbons (Fsp3) is 0.100. The molecule has 0 fully saturated rings. The number of para-hydroxylation sites is 1. The number of rotatable bonds is 6. The molecule has 0 radical (unpaired) electrons. The maximum Gasteiger partial charge on any atom is 0.244 e. The van der Waals surface area contributed by atoms with Crippen LogP contribution in [-0.4, -0.2) is 22.6 Å². The summed E-state index contributed by atoms with van der Waals surface area (Å²) in [4.78, 5) is 16.0. The van der Waals surface area contributed by atoms with E-state index in [-0.39, 0.29) is 5.91 Å². The molecule has 0 saturated carbocycles. The monoisotopic (exact) mass is 333 g/mol. The Morgan fingerprint density at radius 3 is 2.72 bits per heavy atom. The van der Waals surface area contributed by atoms with Crippen molar-refractivity contribution >= 4 is 12.0 Å². The third-order valence-corrected chi connectivity index (χ3v) is 3.76. The first-order valence-corrected chi connectivity index (χ1v) is 7.92. The number of hydrogen-bond donors (Lipinski definition) is 1. The van der Waals surface area contributed by atoms with Crippen molar-refractivity contribution in [1.29, 1.82) is 0 Å². The maximum absolute atomic E-state index is 12.0. The van der Waals surface area contributed by atoms with Crippen molar-refractivity contribution in [2.24, 2.45) is 0 Å². The Bertz CT molecular complexity index is 853. The maximum atomic E-state index is 12.0. The molecule has 1 amide bonds. The molecular weight excluding hydrogens is 314 g/mol. The predicted molar refractivity (Wildman–Crippen MR) is 97.4 cm³/mol. The van der Waals surface area contributed by atoms with Crippen LogP contribution < -0.4 is 10.1 Å². The summed E-state index contributed by atoms with van der Waals surface area (Å²) in [6, 6.07) is 15.5. The summed E-state index contributed by atoms with van der Waals surface area (Å²) in [6.07, 6.45) is 8.63.